The summed E-state index contributed by atoms with van der Waals surface area (Å²) in [6, 6.07) is 10.9. The van der Waals surface area contributed by atoms with Gasteiger partial charge in [0.15, 0.2) is 0 Å². The molecule has 0 spiro atoms. The number of rotatable bonds is 4. The molecule has 100 valence electrons. The van der Waals surface area contributed by atoms with Crippen molar-refractivity contribution in [3.63, 3.8) is 0 Å². The van der Waals surface area contributed by atoms with Gasteiger partial charge in [-0.3, -0.25) is 0 Å². The number of hydrogen-bond donors (Lipinski definition) is 1. The number of hydrogen-bond acceptors (Lipinski definition) is 1. The first-order valence-corrected chi connectivity index (χ1v) is 6.35. The van der Waals surface area contributed by atoms with Gasteiger partial charge < -0.3 is 5.32 Å². The first-order valence-electron chi connectivity index (χ1n) is 5.97. The highest BCUT2D eigenvalue weighted by atomic mass is 35.5. The van der Waals surface area contributed by atoms with Gasteiger partial charge in [0.1, 0.15) is 11.6 Å². The Morgan fingerprint density at radius 1 is 1.16 bits per heavy atom. The maximum absolute atomic E-state index is 13.5. The number of benzene rings is 2. The molecule has 4 heteroatoms. The molecule has 0 heterocycles. The van der Waals surface area contributed by atoms with E-state index >= 15 is 0 Å². The fourth-order valence-corrected chi connectivity index (χ4v) is 2.31. The average molecular weight is 282 g/mol. The maximum Gasteiger partial charge on any atom is 0.142 e. The molecule has 0 aliphatic carbocycles. The lowest BCUT2D eigenvalue weighted by atomic mass is 9.99. The number of halogens is 3. The van der Waals surface area contributed by atoms with E-state index in [2.05, 4.69) is 5.32 Å². The van der Waals surface area contributed by atoms with Gasteiger partial charge in [0.05, 0.1) is 5.02 Å². The van der Waals surface area contributed by atoms with E-state index in [4.69, 9.17) is 11.6 Å². The third-order valence-corrected chi connectivity index (χ3v) is 3.43. The van der Waals surface area contributed by atoms with Crippen molar-refractivity contribution in [2.45, 2.75) is 12.5 Å². The van der Waals surface area contributed by atoms with Gasteiger partial charge in [-0.1, -0.05) is 35.9 Å². The summed E-state index contributed by atoms with van der Waals surface area (Å²) in [5, 5.41) is 3.19. The largest absolute Gasteiger partial charge is 0.313 e. The molecule has 19 heavy (non-hydrogen) atoms. The lowest BCUT2D eigenvalue weighted by Crippen LogP contribution is -2.19. The molecular weight excluding hydrogens is 268 g/mol. The quantitative estimate of drug-likeness (QED) is 0.889. The van der Waals surface area contributed by atoms with Crippen LogP contribution in [0.1, 0.15) is 17.2 Å². The van der Waals surface area contributed by atoms with Gasteiger partial charge in [-0.05, 0) is 42.8 Å². The first kappa shape index (κ1) is 14.0. The van der Waals surface area contributed by atoms with Crippen LogP contribution in [0.4, 0.5) is 8.78 Å². The third kappa shape index (κ3) is 3.31. The molecule has 1 atom stereocenters. The summed E-state index contributed by atoms with van der Waals surface area (Å²) in [5.74, 6) is -0.726. The van der Waals surface area contributed by atoms with Crippen LogP contribution < -0.4 is 5.32 Å². The molecule has 1 nitrogen and oxygen atoms in total. The van der Waals surface area contributed by atoms with Crippen LogP contribution in [0.3, 0.4) is 0 Å². The van der Waals surface area contributed by atoms with E-state index in [-0.39, 0.29) is 16.9 Å². The molecule has 0 aliphatic heterocycles. The lowest BCUT2D eigenvalue weighted by molar-refractivity contribution is 0.573. The van der Waals surface area contributed by atoms with Gasteiger partial charge in [0.25, 0.3) is 0 Å². The smallest absolute Gasteiger partial charge is 0.142 e. The molecular formula is C15H14ClF2N. The molecule has 2 aromatic rings. The standard InChI is InChI=1S/C15H14ClF2N/c1-19-14(9-10-4-2-5-11(17)8-10)12-6-3-7-13(18)15(12)16/h2-8,14,19H,9H2,1H3. The van der Waals surface area contributed by atoms with E-state index in [9.17, 15) is 8.78 Å². The zero-order valence-electron chi connectivity index (χ0n) is 10.5. The van der Waals surface area contributed by atoms with Crippen molar-refractivity contribution in [3.05, 3.63) is 70.2 Å². The molecule has 0 fully saturated rings. The molecule has 0 radical (unpaired) electrons. The van der Waals surface area contributed by atoms with E-state index in [0.29, 0.717) is 12.0 Å². The highest BCUT2D eigenvalue weighted by Crippen LogP contribution is 2.27. The monoisotopic (exact) mass is 281 g/mol. The molecule has 0 amide bonds. The van der Waals surface area contributed by atoms with Gasteiger partial charge in [-0.2, -0.15) is 0 Å². The Balaban J connectivity index is 2.28. The van der Waals surface area contributed by atoms with Crippen molar-refractivity contribution < 1.29 is 8.78 Å². The fourth-order valence-electron chi connectivity index (χ4n) is 2.06. The van der Waals surface area contributed by atoms with Crippen LogP contribution in [0.25, 0.3) is 0 Å². The first-order chi connectivity index (χ1) is 9.11. The Morgan fingerprint density at radius 2 is 1.89 bits per heavy atom. The van der Waals surface area contributed by atoms with Crippen LogP contribution in [0.2, 0.25) is 5.02 Å². The van der Waals surface area contributed by atoms with Crippen molar-refractivity contribution in [1.82, 2.24) is 5.32 Å². The highest BCUT2D eigenvalue weighted by Gasteiger charge is 2.16. The average Bonchev–Trinajstić information content (AvgIpc) is 2.40. The summed E-state index contributed by atoms with van der Waals surface area (Å²) < 4.78 is 26.6. The van der Waals surface area contributed by atoms with Crippen LogP contribution >= 0.6 is 11.6 Å². The molecule has 0 aromatic heterocycles. The Labute approximate surface area is 116 Å². The molecule has 0 saturated carbocycles. The molecule has 2 rings (SSSR count). The second kappa shape index (κ2) is 6.13. The summed E-state index contributed by atoms with van der Waals surface area (Å²) in [6.07, 6.45) is 0.539. The Morgan fingerprint density at radius 3 is 2.58 bits per heavy atom. The fraction of sp³-hybridized carbons (Fsp3) is 0.200. The normalized spacial score (nSPS) is 12.4. The second-order valence-electron chi connectivity index (χ2n) is 4.32. The predicted octanol–water partition coefficient (Wildman–Crippen LogP) is 4.12. The minimum atomic E-state index is -0.446. The van der Waals surface area contributed by atoms with Gasteiger partial charge in [-0.15, -0.1) is 0 Å². The zero-order valence-corrected chi connectivity index (χ0v) is 11.2. The Hall–Kier alpha value is -1.45. The maximum atomic E-state index is 13.5. The van der Waals surface area contributed by atoms with Gasteiger partial charge in [0, 0.05) is 6.04 Å². The third-order valence-electron chi connectivity index (χ3n) is 3.03. The van der Waals surface area contributed by atoms with Gasteiger partial charge in [0.2, 0.25) is 0 Å². The van der Waals surface area contributed by atoms with Gasteiger partial charge in [-0.25, -0.2) is 8.78 Å². The molecule has 0 bridgehead atoms. The number of nitrogens with one attached hydrogen (secondary N) is 1. The summed E-state index contributed by atoms with van der Waals surface area (Å²) in [5.41, 5.74) is 1.51. The van der Waals surface area contributed by atoms with E-state index < -0.39 is 5.82 Å². The molecule has 0 saturated heterocycles. The highest BCUT2D eigenvalue weighted by molar-refractivity contribution is 6.31. The van der Waals surface area contributed by atoms with Gasteiger partial charge >= 0.3 is 0 Å². The molecule has 2 aromatic carbocycles. The minimum Gasteiger partial charge on any atom is -0.313 e. The van der Waals surface area contributed by atoms with Crippen molar-refractivity contribution in [1.29, 1.82) is 0 Å². The predicted molar refractivity (Wildman–Crippen MR) is 73.3 cm³/mol. The Kier molecular flexibility index (Phi) is 4.51. The van der Waals surface area contributed by atoms with Crippen LogP contribution in [-0.2, 0) is 6.42 Å². The summed E-state index contributed by atoms with van der Waals surface area (Å²) >= 11 is 5.98. The minimum absolute atomic E-state index is 0.109. The summed E-state index contributed by atoms with van der Waals surface area (Å²) in [4.78, 5) is 0. The van der Waals surface area contributed by atoms with E-state index in [1.165, 1.54) is 18.2 Å². The molecule has 1 unspecified atom stereocenters. The number of likely N-dealkylation sites (N-methyl/N-ethyl adjacent to an activating group) is 1. The van der Waals surface area contributed by atoms with E-state index in [0.717, 1.165) is 5.56 Å². The van der Waals surface area contributed by atoms with E-state index in [1.54, 1.807) is 25.2 Å². The summed E-state index contributed by atoms with van der Waals surface area (Å²) in [6.45, 7) is 0. The van der Waals surface area contributed by atoms with Crippen molar-refractivity contribution in [2.24, 2.45) is 0 Å². The van der Waals surface area contributed by atoms with Crippen LogP contribution in [0.5, 0.6) is 0 Å². The lowest BCUT2D eigenvalue weighted by Gasteiger charge is -2.18. The van der Waals surface area contributed by atoms with Crippen molar-refractivity contribution in [2.75, 3.05) is 7.05 Å². The van der Waals surface area contributed by atoms with Crippen molar-refractivity contribution in [3.8, 4) is 0 Å². The van der Waals surface area contributed by atoms with Crippen LogP contribution in [0, 0.1) is 11.6 Å². The SMILES string of the molecule is CNC(Cc1cccc(F)c1)c1cccc(F)c1Cl. The topological polar surface area (TPSA) is 12.0 Å². The van der Waals surface area contributed by atoms with Crippen LogP contribution in [0.15, 0.2) is 42.5 Å². The van der Waals surface area contributed by atoms with Crippen LogP contribution in [-0.4, -0.2) is 7.05 Å². The van der Waals surface area contributed by atoms with E-state index in [1.807, 2.05) is 6.07 Å². The zero-order chi connectivity index (χ0) is 13.8. The second-order valence-corrected chi connectivity index (χ2v) is 4.70. The molecule has 0 aliphatic rings. The summed E-state index contributed by atoms with van der Waals surface area (Å²) in [7, 11) is 1.77. The van der Waals surface area contributed by atoms with Crippen molar-refractivity contribution >= 4 is 11.6 Å². The Bertz CT molecular complexity index is 572. The molecule has 1 N–H and O–H groups in total.